The van der Waals surface area contributed by atoms with Gasteiger partial charge in [-0.2, -0.15) is 0 Å². The molecule has 2 aliphatic rings. The number of anilines is 2. The van der Waals surface area contributed by atoms with Crippen LogP contribution in [0.25, 0.3) is 0 Å². The predicted molar refractivity (Wildman–Crippen MR) is 139 cm³/mol. The van der Waals surface area contributed by atoms with Crippen molar-refractivity contribution in [1.29, 1.82) is 0 Å². The molecule has 2 heterocycles. The molecule has 0 aliphatic carbocycles. The fourth-order valence-electron chi connectivity index (χ4n) is 5.34. The molecule has 2 bridgehead atoms. The Bertz CT molecular complexity index is 1100. The number of benzene rings is 3. The molecule has 5 rings (SSSR count). The highest BCUT2D eigenvalue weighted by molar-refractivity contribution is 5.99. The molecule has 1 unspecified atom stereocenters. The van der Waals surface area contributed by atoms with Gasteiger partial charge in [-0.3, -0.25) is 4.90 Å². The molecular weight excluding hydrogens is 436 g/mol. The van der Waals surface area contributed by atoms with E-state index in [1.807, 2.05) is 101 Å². The number of amides is 4. The van der Waals surface area contributed by atoms with Gasteiger partial charge in [-0.15, -0.1) is 0 Å². The van der Waals surface area contributed by atoms with Crippen LogP contribution in [0.4, 0.5) is 21.0 Å². The SMILES string of the molecule is CC(c1ccccc1)N(C)C(=O)N1[C@@H]2CC[C@H]1CN(C(=O)N(c1ccccc1)c1ccccc1)C2. The minimum absolute atomic E-state index is 0.0191. The van der Waals surface area contributed by atoms with Crippen LogP contribution in [-0.2, 0) is 0 Å². The second-order valence-corrected chi connectivity index (χ2v) is 9.47. The quantitative estimate of drug-likeness (QED) is 0.478. The average Bonchev–Trinajstić information content (AvgIpc) is 3.17. The lowest BCUT2D eigenvalue weighted by molar-refractivity contribution is 0.0804. The van der Waals surface area contributed by atoms with E-state index in [0.29, 0.717) is 13.1 Å². The summed E-state index contributed by atoms with van der Waals surface area (Å²) in [7, 11) is 1.88. The Balaban J connectivity index is 1.34. The Morgan fingerprint density at radius 3 is 1.69 bits per heavy atom. The minimum atomic E-state index is -0.0441. The lowest BCUT2D eigenvalue weighted by atomic mass is 10.1. The molecule has 2 fully saturated rings. The zero-order valence-electron chi connectivity index (χ0n) is 20.3. The molecule has 0 radical (unpaired) electrons. The second kappa shape index (κ2) is 9.82. The summed E-state index contributed by atoms with van der Waals surface area (Å²) in [6.45, 7) is 3.15. The summed E-state index contributed by atoms with van der Waals surface area (Å²) in [4.78, 5) is 35.0. The number of hydrogen-bond acceptors (Lipinski definition) is 2. The van der Waals surface area contributed by atoms with Crippen LogP contribution in [0.15, 0.2) is 91.0 Å². The van der Waals surface area contributed by atoms with Gasteiger partial charge >= 0.3 is 12.1 Å². The number of carbonyl (C=O) groups is 2. The summed E-state index contributed by atoms with van der Waals surface area (Å²) in [6.07, 6.45) is 1.84. The third-order valence-corrected chi connectivity index (χ3v) is 7.36. The summed E-state index contributed by atoms with van der Waals surface area (Å²) >= 11 is 0. The first kappa shape index (κ1) is 23.0. The van der Waals surface area contributed by atoms with Crippen LogP contribution in [-0.4, -0.2) is 59.0 Å². The van der Waals surface area contributed by atoms with Gasteiger partial charge in [-0.25, -0.2) is 9.59 Å². The van der Waals surface area contributed by atoms with Gasteiger partial charge in [0.1, 0.15) is 0 Å². The van der Waals surface area contributed by atoms with E-state index in [0.717, 1.165) is 29.8 Å². The molecule has 0 spiro atoms. The van der Waals surface area contributed by atoms with Crippen molar-refractivity contribution >= 4 is 23.4 Å². The highest BCUT2D eigenvalue weighted by Crippen LogP contribution is 2.35. The van der Waals surface area contributed by atoms with Crippen molar-refractivity contribution < 1.29 is 9.59 Å². The third kappa shape index (κ3) is 4.48. The second-order valence-electron chi connectivity index (χ2n) is 9.47. The van der Waals surface area contributed by atoms with E-state index in [1.54, 1.807) is 4.90 Å². The van der Waals surface area contributed by atoms with E-state index < -0.39 is 0 Å². The molecule has 0 saturated carbocycles. The van der Waals surface area contributed by atoms with Crippen LogP contribution in [0.5, 0.6) is 0 Å². The zero-order valence-corrected chi connectivity index (χ0v) is 20.3. The summed E-state index contributed by atoms with van der Waals surface area (Å²) < 4.78 is 0. The monoisotopic (exact) mass is 468 g/mol. The number of carbonyl (C=O) groups excluding carboxylic acids is 2. The highest BCUT2D eigenvalue weighted by atomic mass is 16.2. The van der Waals surface area contributed by atoms with E-state index in [4.69, 9.17) is 0 Å². The first-order chi connectivity index (χ1) is 17.0. The number of fused-ring (bicyclic) bond motifs is 2. The van der Waals surface area contributed by atoms with Crippen molar-refractivity contribution in [2.75, 3.05) is 25.0 Å². The average molecular weight is 469 g/mol. The smallest absolute Gasteiger partial charge is 0.321 e. The maximum Gasteiger partial charge on any atom is 0.329 e. The lowest BCUT2D eigenvalue weighted by Gasteiger charge is -2.44. The fraction of sp³-hybridized carbons (Fsp3) is 0.310. The van der Waals surface area contributed by atoms with Gasteiger partial charge in [0.05, 0.1) is 29.5 Å². The van der Waals surface area contributed by atoms with Gasteiger partial charge in [0.2, 0.25) is 0 Å². The molecular formula is C29H32N4O2. The summed E-state index contributed by atoms with van der Waals surface area (Å²) in [5, 5.41) is 0. The topological polar surface area (TPSA) is 47.1 Å². The van der Waals surface area contributed by atoms with Crippen molar-refractivity contribution in [3.8, 4) is 0 Å². The number of para-hydroxylation sites is 2. The van der Waals surface area contributed by atoms with Crippen LogP contribution in [0.3, 0.4) is 0 Å². The maximum atomic E-state index is 13.9. The maximum absolute atomic E-state index is 13.9. The highest BCUT2D eigenvalue weighted by Gasteiger charge is 2.46. The van der Waals surface area contributed by atoms with Crippen LogP contribution in [0.1, 0.15) is 31.4 Å². The number of nitrogens with zero attached hydrogens (tertiary/aromatic N) is 4. The Hall–Kier alpha value is -3.80. The van der Waals surface area contributed by atoms with Crippen LogP contribution < -0.4 is 4.90 Å². The Morgan fingerprint density at radius 1 is 0.743 bits per heavy atom. The van der Waals surface area contributed by atoms with Crippen molar-refractivity contribution in [3.05, 3.63) is 96.6 Å². The number of piperazine rings is 1. The molecule has 6 nitrogen and oxygen atoms in total. The van der Waals surface area contributed by atoms with Crippen molar-refractivity contribution in [1.82, 2.24) is 14.7 Å². The largest absolute Gasteiger partial charge is 0.329 e. The molecule has 2 aliphatic heterocycles. The van der Waals surface area contributed by atoms with Gasteiger partial charge < -0.3 is 14.7 Å². The van der Waals surface area contributed by atoms with Crippen molar-refractivity contribution in [2.45, 2.75) is 37.9 Å². The molecule has 4 amide bonds. The zero-order chi connectivity index (χ0) is 24.4. The van der Waals surface area contributed by atoms with Gasteiger partial charge in [-0.1, -0.05) is 66.7 Å². The van der Waals surface area contributed by atoms with E-state index >= 15 is 0 Å². The van der Waals surface area contributed by atoms with E-state index in [1.165, 1.54) is 0 Å². The fourth-order valence-corrected chi connectivity index (χ4v) is 5.34. The normalized spacial score (nSPS) is 19.8. The van der Waals surface area contributed by atoms with Gasteiger partial charge in [0.15, 0.2) is 0 Å². The number of urea groups is 2. The molecule has 6 heteroatoms. The van der Waals surface area contributed by atoms with E-state index in [2.05, 4.69) is 19.1 Å². The molecule has 0 aromatic heterocycles. The minimum Gasteiger partial charge on any atom is -0.321 e. The predicted octanol–water partition coefficient (Wildman–Crippen LogP) is 5.91. The molecule has 3 aromatic rings. The first-order valence-electron chi connectivity index (χ1n) is 12.3. The molecule has 180 valence electrons. The van der Waals surface area contributed by atoms with E-state index in [-0.39, 0.29) is 30.2 Å². The Kier molecular flexibility index (Phi) is 6.45. The lowest BCUT2D eigenvalue weighted by Crippen LogP contribution is -2.60. The molecule has 3 atom stereocenters. The van der Waals surface area contributed by atoms with Crippen molar-refractivity contribution in [2.24, 2.45) is 0 Å². The van der Waals surface area contributed by atoms with Crippen LogP contribution in [0.2, 0.25) is 0 Å². The number of likely N-dealkylation sites (tertiary alicyclic amines) is 1. The standard InChI is InChI=1S/C29H32N4O2/c1-22(23-12-6-3-7-13-23)30(2)28(34)33-26-18-19-27(33)21-31(20-26)29(35)32(24-14-8-4-9-15-24)25-16-10-5-11-17-25/h3-17,22,26-27H,18-21H2,1-2H3/t22?,26-,27+. The number of hydrogen-bond donors (Lipinski definition) is 0. The van der Waals surface area contributed by atoms with Crippen molar-refractivity contribution in [3.63, 3.8) is 0 Å². The third-order valence-electron chi connectivity index (χ3n) is 7.36. The molecule has 0 N–H and O–H groups in total. The summed E-state index contributed by atoms with van der Waals surface area (Å²) in [5.41, 5.74) is 2.79. The number of rotatable bonds is 4. The van der Waals surface area contributed by atoms with Gasteiger partial charge in [0, 0.05) is 20.1 Å². The van der Waals surface area contributed by atoms with Crippen LogP contribution in [0, 0.1) is 0 Å². The molecule has 35 heavy (non-hydrogen) atoms. The van der Waals surface area contributed by atoms with Gasteiger partial charge in [-0.05, 0) is 49.6 Å². The first-order valence-corrected chi connectivity index (χ1v) is 12.3. The van der Waals surface area contributed by atoms with Crippen LogP contribution >= 0.6 is 0 Å². The van der Waals surface area contributed by atoms with Gasteiger partial charge in [0.25, 0.3) is 0 Å². The molecule has 2 saturated heterocycles. The molecule has 3 aromatic carbocycles. The Labute approximate surface area is 207 Å². The van der Waals surface area contributed by atoms with E-state index in [9.17, 15) is 9.59 Å². The summed E-state index contributed by atoms with van der Waals surface area (Å²) in [5.74, 6) is 0. The summed E-state index contributed by atoms with van der Waals surface area (Å²) in [6, 6.07) is 29.7. The Morgan fingerprint density at radius 2 is 1.20 bits per heavy atom.